The summed E-state index contributed by atoms with van der Waals surface area (Å²) in [7, 11) is 0. The summed E-state index contributed by atoms with van der Waals surface area (Å²) in [5.41, 5.74) is 6.35. The highest BCUT2D eigenvalue weighted by molar-refractivity contribution is 5.52. The van der Waals surface area contributed by atoms with E-state index >= 15 is 0 Å². The van der Waals surface area contributed by atoms with Gasteiger partial charge in [-0.1, -0.05) is 18.2 Å². The van der Waals surface area contributed by atoms with Gasteiger partial charge < -0.3 is 15.2 Å². The third kappa shape index (κ3) is 2.64. The molecular formula is C14H14N4O2. The van der Waals surface area contributed by atoms with E-state index in [-0.39, 0.29) is 0 Å². The highest BCUT2D eigenvalue weighted by Crippen LogP contribution is 2.17. The van der Waals surface area contributed by atoms with E-state index in [0.717, 1.165) is 5.75 Å². The Morgan fingerprint density at radius 1 is 1.10 bits per heavy atom. The van der Waals surface area contributed by atoms with Crippen LogP contribution in [0.2, 0.25) is 0 Å². The minimum absolute atomic E-state index is 0.369. The van der Waals surface area contributed by atoms with Crippen LogP contribution in [-0.4, -0.2) is 27.6 Å². The molecule has 0 atom stereocenters. The number of anilines is 1. The number of aromatic nitrogens is 3. The summed E-state index contributed by atoms with van der Waals surface area (Å²) in [6.45, 7) is 0.793. The van der Waals surface area contributed by atoms with Gasteiger partial charge in [0.15, 0.2) is 0 Å². The first-order valence-corrected chi connectivity index (χ1v) is 6.23. The molecule has 2 aromatic heterocycles. The van der Waals surface area contributed by atoms with Gasteiger partial charge in [-0.15, -0.1) is 0 Å². The lowest BCUT2D eigenvalue weighted by Crippen LogP contribution is -2.11. The van der Waals surface area contributed by atoms with Gasteiger partial charge in [0.1, 0.15) is 24.8 Å². The molecule has 0 aliphatic carbocycles. The topological polar surface area (TPSA) is 74.7 Å². The number of nitrogens with zero attached hydrogens (tertiary/aromatic N) is 3. The lowest BCUT2D eigenvalue weighted by atomic mass is 10.3. The van der Waals surface area contributed by atoms with Gasteiger partial charge in [-0.05, 0) is 12.1 Å². The van der Waals surface area contributed by atoms with Crippen LogP contribution in [0.1, 0.15) is 0 Å². The first kappa shape index (κ1) is 12.3. The van der Waals surface area contributed by atoms with Crippen LogP contribution in [0.3, 0.4) is 0 Å². The van der Waals surface area contributed by atoms with Crippen molar-refractivity contribution in [3.05, 3.63) is 48.9 Å². The number of fused-ring (bicyclic) bond motifs is 1. The molecule has 6 heteroatoms. The molecule has 0 aliphatic heterocycles. The van der Waals surface area contributed by atoms with Crippen molar-refractivity contribution in [2.45, 2.75) is 0 Å². The Kier molecular flexibility index (Phi) is 3.36. The van der Waals surface area contributed by atoms with Crippen LogP contribution < -0.4 is 15.2 Å². The molecule has 1 aromatic carbocycles. The highest BCUT2D eigenvalue weighted by atomic mass is 16.5. The summed E-state index contributed by atoms with van der Waals surface area (Å²) in [6.07, 6.45) is 5.15. The van der Waals surface area contributed by atoms with Crippen molar-refractivity contribution >= 4 is 11.5 Å². The van der Waals surface area contributed by atoms with Crippen molar-refractivity contribution in [3.63, 3.8) is 0 Å². The maximum Gasteiger partial charge on any atom is 0.260 e. The molecule has 0 saturated carbocycles. The van der Waals surface area contributed by atoms with Gasteiger partial charge in [0.2, 0.25) is 5.65 Å². The van der Waals surface area contributed by atoms with Gasteiger partial charge in [-0.2, -0.15) is 4.98 Å². The van der Waals surface area contributed by atoms with Gasteiger partial charge >= 0.3 is 0 Å². The van der Waals surface area contributed by atoms with E-state index in [2.05, 4.69) is 9.97 Å². The minimum atomic E-state index is 0.369. The average Bonchev–Trinajstić information content (AvgIpc) is 2.92. The molecule has 6 nitrogen and oxygen atoms in total. The van der Waals surface area contributed by atoms with Gasteiger partial charge in [-0.25, -0.2) is 4.98 Å². The molecule has 0 radical (unpaired) electrons. The SMILES string of the molecule is Nc1cn2ccnc2c(OCCOc2ccccc2)n1. The number of ether oxygens (including phenoxy) is 2. The first-order valence-electron chi connectivity index (χ1n) is 6.23. The number of benzene rings is 1. The van der Waals surface area contributed by atoms with Gasteiger partial charge in [0.25, 0.3) is 5.88 Å². The number of hydrogen-bond donors (Lipinski definition) is 1. The first-order chi connectivity index (χ1) is 9.83. The highest BCUT2D eigenvalue weighted by Gasteiger charge is 2.07. The molecule has 0 unspecified atom stereocenters. The monoisotopic (exact) mass is 270 g/mol. The van der Waals surface area contributed by atoms with Gasteiger partial charge in [-0.3, -0.25) is 4.40 Å². The number of para-hydroxylation sites is 1. The third-order valence-electron chi connectivity index (χ3n) is 2.70. The summed E-state index contributed by atoms with van der Waals surface area (Å²) >= 11 is 0. The Morgan fingerprint density at radius 3 is 2.75 bits per heavy atom. The molecule has 3 aromatic rings. The van der Waals surface area contributed by atoms with E-state index < -0.39 is 0 Å². The largest absolute Gasteiger partial charge is 0.490 e. The number of rotatable bonds is 5. The van der Waals surface area contributed by atoms with Gasteiger partial charge in [0, 0.05) is 12.4 Å². The summed E-state index contributed by atoms with van der Waals surface area (Å²) in [4.78, 5) is 8.31. The van der Waals surface area contributed by atoms with E-state index in [1.54, 1.807) is 23.0 Å². The molecule has 0 spiro atoms. The summed E-state index contributed by atoms with van der Waals surface area (Å²) in [6, 6.07) is 9.57. The summed E-state index contributed by atoms with van der Waals surface area (Å²) in [5.74, 6) is 1.60. The predicted molar refractivity (Wildman–Crippen MR) is 74.8 cm³/mol. The number of hydrogen-bond acceptors (Lipinski definition) is 5. The molecule has 2 N–H and O–H groups in total. The second kappa shape index (κ2) is 5.48. The zero-order chi connectivity index (χ0) is 13.8. The summed E-state index contributed by atoms with van der Waals surface area (Å²) < 4.78 is 12.9. The van der Waals surface area contributed by atoms with Crippen LogP contribution in [0, 0.1) is 0 Å². The Balaban J connectivity index is 1.61. The Hall–Kier alpha value is -2.76. The summed E-state index contributed by atoms with van der Waals surface area (Å²) in [5, 5.41) is 0. The molecule has 0 amide bonds. The van der Waals surface area contributed by atoms with Crippen LogP contribution in [0.4, 0.5) is 5.82 Å². The number of nitrogen functional groups attached to an aromatic ring is 1. The van der Waals surface area contributed by atoms with E-state index in [1.807, 2.05) is 30.3 Å². The standard InChI is InChI=1S/C14H14N4O2/c15-12-10-18-7-6-16-13(18)14(17-12)20-9-8-19-11-4-2-1-3-5-11/h1-7,10H,8-9,15H2. The predicted octanol–water partition coefficient (Wildman–Crippen LogP) is 1.77. The van der Waals surface area contributed by atoms with Crippen LogP contribution in [0.15, 0.2) is 48.9 Å². The lowest BCUT2D eigenvalue weighted by molar-refractivity contribution is 0.213. The molecular weight excluding hydrogens is 256 g/mol. The second-order valence-electron chi connectivity index (χ2n) is 4.14. The van der Waals surface area contributed by atoms with E-state index in [1.165, 1.54) is 0 Å². The second-order valence-corrected chi connectivity index (χ2v) is 4.14. The van der Waals surface area contributed by atoms with E-state index in [9.17, 15) is 0 Å². The molecule has 0 saturated heterocycles. The van der Waals surface area contributed by atoms with Crippen molar-refractivity contribution in [2.24, 2.45) is 0 Å². The molecule has 0 aliphatic rings. The van der Waals surface area contributed by atoms with Crippen LogP contribution in [0.5, 0.6) is 11.6 Å². The fourth-order valence-corrected chi connectivity index (χ4v) is 1.83. The van der Waals surface area contributed by atoms with Crippen molar-refractivity contribution in [1.29, 1.82) is 0 Å². The number of nitrogens with two attached hydrogens (primary N) is 1. The zero-order valence-electron chi connectivity index (χ0n) is 10.8. The Morgan fingerprint density at radius 2 is 1.90 bits per heavy atom. The van der Waals surface area contributed by atoms with Crippen molar-refractivity contribution < 1.29 is 9.47 Å². The minimum Gasteiger partial charge on any atom is -0.490 e. The normalized spacial score (nSPS) is 10.6. The molecule has 3 rings (SSSR count). The zero-order valence-corrected chi connectivity index (χ0v) is 10.8. The smallest absolute Gasteiger partial charge is 0.260 e. The molecule has 0 fully saturated rings. The van der Waals surface area contributed by atoms with E-state index in [0.29, 0.717) is 30.6 Å². The average molecular weight is 270 g/mol. The Bertz CT molecular complexity index is 697. The van der Waals surface area contributed by atoms with Gasteiger partial charge in [0.05, 0.1) is 6.20 Å². The van der Waals surface area contributed by atoms with Crippen LogP contribution in [0.25, 0.3) is 5.65 Å². The third-order valence-corrected chi connectivity index (χ3v) is 2.70. The van der Waals surface area contributed by atoms with Crippen molar-refractivity contribution in [1.82, 2.24) is 14.4 Å². The Labute approximate surface area is 115 Å². The molecule has 2 heterocycles. The lowest BCUT2D eigenvalue weighted by Gasteiger charge is -2.08. The molecule has 20 heavy (non-hydrogen) atoms. The van der Waals surface area contributed by atoms with Crippen molar-refractivity contribution in [3.8, 4) is 11.6 Å². The van der Waals surface area contributed by atoms with E-state index in [4.69, 9.17) is 15.2 Å². The molecule has 0 bridgehead atoms. The van der Waals surface area contributed by atoms with Crippen LogP contribution >= 0.6 is 0 Å². The quantitative estimate of drug-likeness (QED) is 0.715. The fourth-order valence-electron chi connectivity index (χ4n) is 1.83. The maximum atomic E-state index is 5.71. The fraction of sp³-hybridized carbons (Fsp3) is 0.143. The number of imidazole rings is 1. The van der Waals surface area contributed by atoms with Crippen molar-refractivity contribution in [2.75, 3.05) is 18.9 Å². The maximum absolute atomic E-state index is 5.71. The molecule has 102 valence electrons. The van der Waals surface area contributed by atoms with Crippen LogP contribution in [-0.2, 0) is 0 Å².